The van der Waals surface area contributed by atoms with Gasteiger partial charge in [-0.15, -0.1) is 16.4 Å². The first kappa shape index (κ1) is 12.0. The van der Waals surface area contributed by atoms with E-state index in [9.17, 15) is 4.79 Å². The minimum absolute atomic E-state index is 0.0182. The molecule has 0 aliphatic rings. The van der Waals surface area contributed by atoms with Gasteiger partial charge >= 0.3 is 0 Å². The van der Waals surface area contributed by atoms with Gasteiger partial charge in [0, 0.05) is 11.4 Å². The second-order valence-corrected chi connectivity index (χ2v) is 5.28. The van der Waals surface area contributed by atoms with Crippen LogP contribution >= 0.6 is 11.3 Å². The summed E-state index contributed by atoms with van der Waals surface area (Å²) < 4.78 is 1.67. The molecule has 0 spiro atoms. The Hall–Kier alpha value is -1.49. The molecule has 0 saturated carbocycles. The van der Waals surface area contributed by atoms with Crippen molar-refractivity contribution < 1.29 is 4.79 Å². The maximum Gasteiger partial charge on any atom is 0.222 e. The van der Waals surface area contributed by atoms with Crippen LogP contribution < -0.4 is 0 Å². The normalized spacial score (nSPS) is 10.8. The molecule has 0 aromatic carbocycles. The summed E-state index contributed by atoms with van der Waals surface area (Å²) in [6.45, 7) is 6.82. The summed E-state index contributed by atoms with van der Waals surface area (Å²) in [6, 6.07) is 1.94. The van der Waals surface area contributed by atoms with Crippen molar-refractivity contribution in [3.63, 3.8) is 0 Å². The highest BCUT2D eigenvalue weighted by molar-refractivity contribution is 7.14. The molecule has 0 aliphatic heterocycles. The molecular formula is C12H15N3OS. The minimum Gasteiger partial charge on any atom is -0.286 e. The lowest BCUT2D eigenvalue weighted by Gasteiger charge is -2.01. The van der Waals surface area contributed by atoms with E-state index in [4.69, 9.17) is 0 Å². The molecule has 2 rings (SSSR count). The lowest BCUT2D eigenvalue weighted by Crippen LogP contribution is -2.10. The van der Waals surface area contributed by atoms with E-state index in [2.05, 4.69) is 17.2 Å². The van der Waals surface area contributed by atoms with Crippen molar-refractivity contribution in [2.24, 2.45) is 0 Å². The van der Waals surface area contributed by atoms with E-state index in [-0.39, 0.29) is 5.78 Å². The molecule has 0 N–H and O–H groups in total. The fourth-order valence-corrected chi connectivity index (χ4v) is 2.60. The lowest BCUT2D eigenvalue weighted by atomic mass is 10.2. The topological polar surface area (TPSA) is 47.8 Å². The molecule has 0 atom stereocenters. The average Bonchev–Trinajstić information content (AvgIpc) is 2.87. The van der Waals surface area contributed by atoms with Crippen LogP contribution in [0.25, 0.3) is 0 Å². The van der Waals surface area contributed by atoms with Crippen molar-refractivity contribution in [3.05, 3.63) is 33.3 Å². The van der Waals surface area contributed by atoms with Gasteiger partial charge in [-0.05, 0) is 31.9 Å². The predicted molar refractivity (Wildman–Crippen MR) is 67.5 cm³/mol. The fraction of sp³-hybridized carbons (Fsp3) is 0.417. The Labute approximate surface area is 104 Å². The maximum atomic E-state index is 12.3. The molecule has 4 nitrogen and oxygen atoms in total. The second kappa shape index (κ2) is 4.79. The van der Waals surface area contributed by atoms with E-state index in [1.54, 1.807) is 10.9 Å². The molecule has 5 heteroatoms. The highest BCUT2D eigenvalue weighted by atomic mass is 32.1. The minimum atomic E-state index is 0.0182. The Balaban J connectivity index is 2.33. The lowest BCUT2D eigenvalue weighted by molar-refractivity contribution is 0.103. The summed E-state index contributed by atoms with van der Waals surface area (Å²) in [5, 5.41) is 7.75. The molecule has 0 unspecified atom stereocenters. The van der Waals surface area contributed by atoms with Crippen molar-refractivity contribution in [1.82, 2.24) is 15.0 Å². The number of hydrogen-bond acceptors (Lipinski definition) is 4. The Kier molecular flexibility index (Phi) is 3.38. The van der Waals surface area contributed by atoms with Crippen LogP contribution in [0.3, 0.4) is 0 Å². The zero-order valence-electron chi connectivity index (χ0n) is 10.2. The van der Waals surface area contributed by atoms with Gasteiger partial charge in [0.05, 0.1) is 11.1 Å². The SMILES string of the molecule is CCCn1nncc1C(=O)c1cc(C)c(C)s1. The van der Waals surface area contributed by atoms with Gasteiger partial charge in [-0.1, -0.05) is 12.1 Å². The Bertz CT molecular complexity index is 522. The molecular weight excluding hydrogens is 234 g/mol. The van der Waals surface area contributed by atoms with Gasteiger partial charge in [0.2, 0.25) is 5.78 Å². The van der Waals surface area contributed by atoms with Crippen molar-refractivity contribution in [1.29, 1.82) is 0 Å². The number of thiophene rings is 1. The van der Waals surface area contributed by atoms with Crippen molar-refractivity contribution in [2.45, 2.75) is 33.7 Å². The highest BCUT2D eigenvalue weighted by Gasteiger charge is 2.17. The van der Waals surface area contributed by atoms with Crippen LogP contribution in [0.1, 0.15) is 39.2 Å². The molecule has 2 aromatic heterocycles. The number of carbonyl (C=O) groups is 1. The van der Waals surface area contributed by atoms with E-state index < -0.39 is 0 Å². The molecule has 0 aliphatic carbocycles. The number of nitrogens with zero attached hydrogens (tertiary/aromatic N) is 3. The zero-order valence-corrected chi connectivity index (χ0v) is 11.0. The number of aromatic nitrogens is 3. The predicted octanol–water partition coefficient (Wildman–Crippen LogP) is 2.60. The van der Waals surface area contributed by atoms with Gasteiger partial charge in [-0.25, -0.2) is 4.68 Å². The fourth-order valence-electron chi connectivity index (χ4n) is 1.62. The number of carbonyl (C=O) groups excluding carboxylic acids is 1. The molecule has 0 fully saturated rings. The first-order valence-corrected chi connectivity index (χ1v) is 6.45. The van der Waals surface area contributed by atoms with Crippen LogP contribution in [0, 0.1) is 13.8 Å². The highest BCUT2D eigenvalue weighted by Crippen LogP contribution is 2.23. The zero-order chi connectivity index (χ0) is 12.4. The first-order valence-electron chi connectivity index (χ1n) is 5.63. The molecule has 0 radical (unpaired) electrons. The van der Waals surface area contributed by atoms with E-state index in [0.717, 1.165) is 23.4 Å². The molecule has 0 saturated heterocycles. The van der Waals surface area contributed by atoms with E-state index >= 15 is 0 Å². The molecule has 2 heterocycles. The van der Waals surface area contributed by atoms with E-state index in [0.29, 0.717) is 5.69 Å². The summed E-state index contributed by atoms with van der Waals surface area (Å²) >= 11 is 1.53. The standard InChI is InChI=1S/C12H15N3OS/c1-4-5-15-10(7-13-14-15)12(16)11-6-8(2)9(3)17-11/h6-7H,4-5H2,1-3H3. The summed E-state index contributed by atoms with van der Waals surface area (Å²) in [7, 11) is 0. The Morgan fingerprint density at radius 3 is 2.82 bits per heavy atom. The van der Waals surface area contributed by atoms with Gasteiger partial charge in [-0.2, -0.15) is 0 Å². The molecule has 17 heavy (non-hydrogen) atoms. The van der Waals surface area contributed by atoms with Crippen LogP contribution in [-0.2, 0) is 6.54 Å². The van der Waals surface area contributed by atoms with Gasteiger partial charge in [-0.3, -0.25) is 4.79 Å². The molecule has 90 valence electrons. The number of hydrogen-bond donors (Lipinski definition) is 0. The third-order valence-electron chi connectivity index (χ3n) is 2.68. The number of rotatable bonds is 4. The quantitative estimate of drug-likeness (QED) is 0.782. The summed E-state index contributed by atoms with van der Waals surface area (Å²) in [4.78, 5) is 14.2. The van der Waals surface area contributed by atoms with Crippen LogP contribution in [0.15, 0.2) is 12.3 Å². The van der Waals surface area contributed by atoms with E-state index in [1.165, 1.54) is 16.2 Å². The van der Waals surface area contributed by atoms with Crippen LogP contribution in [0.4, 0.5) is 0 Å². The van der Waals surface area contributed by atoms with Crippen LogP contribution in [-0.4, -0.2) is 20.8 Å². The molecule has 0 bridgehead atoms. The van der Waals surface area contributed by atoms with Crippen molar-refractivity contribution in [3.8, 4) is 0 Å². The maximum absolute atomic E-state index is 12.3. The average molecular weight is 249 g/mol. The van der Waals surface area contributed by atoms with E-state index in [1.807, 2.05) is 19.9 Å². The summed E-state index contributed by atoms with van der Waals surface area (Å²) in [6.07, 6.45) is 2.48. The Morgan fingerprint density at radius 2 is 2.24 bits per heavy atom. The molecule has 2 aromatic rings. The smallest absolute Gasteiger partial charge is 0.222 e. The van der Waals surface area contributed by atoms with Crippen molar-refractivity contribution >= 4 is 17.1 Å². The van der Waals surface area contributed by atoms with Crippen LogP contribution in [0.5, 0.6) is 0 Å². The van der Waals surface area contributed by atoms with Gasteiger partial charge in [0.15, 0.2) is 0 Å². The van der Waals surface area contributed by atoms with Gasteiger partial charge < -0.3 is 0 Å². The third kappa shape index (κ3) is 2.29. The second-order valence-electron chi connectivity index (χ2n) is 4.02. The number of ketones is 1. The number of aryl methyl sites for hydroxylation is 3. The summed E-state index contributed by atoms with van der Waals surface area (Å²) in [5.74, 6) is 0.0182. The largest absolute Gasteiger partial charge is 0.286 e. The van der Waals surface area contributed by atoms with Gasteiger partial charge in [0.1, 0.15) is 5.69 Å². The monoisotopic (exact) mass is 249 g/mol. The van der Waals surface area contributed by atoms with Crippen LogP contribution in [0.2, 0.25) is 0 Å². The summed E-state index contributed by atoms with van der Waals surface area (Å²) in [5.41, 5.74) is 1.74. The molecule has 0 amide bonds. The van der Waals surface area contributed by atoms with Crippen molar-refractivity contribution in [2.75, 3.05) is 0 Å². The first-order chi connectivity index (χ1) is 8.13. The third-order valence-corrected chi connectivity index (χ3v) is 3.83. The van der Waals surface area contributed by atoms with Gasteiger partial charge in [0.25, 0.3) is 0 Å². The Morgan fingerprint density at radius 1 is 1.47 bits per heavy atom.